The van der Waals surface area contributed by atoms with Crippen molar-refractivity contribution >= 4 is 11.9 Å². The molecule has 0 aliphatic heterocycles. The van der Waals surface area contributed by atoms with E-state index in [1.54, 1.807) is 24.3 Å². The lowest BCUT2D eigenvalue weighted by Gasteiger charge is -2.30. The highest BCUT2D eigenvalue weighted by Gasteiger charge is 2.46. The Morgan fingerprint density at radius 2 is 1.89 bits per heavy atom. The number of hydrogen-bond acceptors (Lipinski definition) is 5. The van der Waals surface area contributed by atoms with E-state index < -0.39 is 11.6 Å². The van der Waals surface area contributed by atoms with E-state index in [9.17, 15) is 19.8 Å². The number of nitrogens with zero attached hydrogens (tertiary/aromatic N) is 1. The molecule has 1 aromatic rings. The van der Waals surface area contributed by atoms with E-state index in [0.29, 0.717) is 37.1 Å². The van der Waals surface area contributed by atoms with Crippen LogP contribution in [0.2, 0.25) is 0 Å². The lowest BCUT2D eigenvalue weighted by Crippen LogP contribution is -2.42. The molecule has 0 heterocycles. The number of rotatable bonds is 10. The molecule has 0 amide bonds. The molecule has 1 aliphatic carbocycles. The molecule has 150 valence electrons. The zero-order valence-electron chi connectivity index (χ0n) is 16.3. The zero-order chi connectivity index (χ0) is 19.9. The summed E-state index contributed by atoms with van der Waals surface area (Å²) in [7, 11) is 0. The molecule has 1 unspecified atom stereocenters. The average Bonchev–Trinajstić information content (AvgIpc) is 3.20. The molecule has 1 saturated carbocycles. The Morgan fingerprint density at radius 3 is 2.48 bits per heavy atom. The van der Waals surface area contributed by atoms with Crippen molar-refractivity contribution in [1.82, 2.24) is 4.90 Å². The van der Waals surface area contributed by atoms with Gasteiger partial charge >= 0.3 is 11.9 Å². The van der Waals surface area contributed by atoms with Crippen LogP contribution in [0.5, 0.6) is 0 Å². The second kappa shape index (κ2) is 9.85. The highest BCUT2D eigenvalue weighted by atomic mass is 16.5. The largest absolute Gasteiger partial charge is 0.479 e. The van der Waals surface area contributed by atoms with Crippen LogP contribution < -0.4 is 0 Å². The molecule has 1 fully saturated rings. The quantitative estimate of drug-likeness (QED) is 0.610. The summed E-state index contributed by atoms with van der Waals surface area (Å²) in [5.41, 5.74) is -0.910. The Bertz CT molecular complexity index is 637. The summed E-state index contributed by atoms with van der Waals surface area (Å²) in [6.45, 7) is 6.96. The number of ether oxygens (including phenoxy) is 1. The van der Waals surface area contributed by atoms with Gasteiger partial charge in [-0.15, -0.1) is 0 Å². The standard InChI is InChI=1S/C21H31NO5/c1-3-22(4-2)12-13-27-19(23)15-16-8-7-11-18(14-16)21(26,20(24)25)17-9-5-6-10-17/h7-8,11,14,17,26H,3-6,9-10,12-13,15H2,1-2H3,(H,24,25). The molecule has 0 radical (unpaired) electrons. The van der Waals surface area contributed by atoms with Gasteiger partial charge in [0.1, 0.15) is 6.61 Å². The predicted octanol–water partition coefficient (Wildman–Crippen LogP) is 2.58. The summed E-state index contributed by atoms with van der Waals surface area (Å²) in [5.74, 6) is -1.88. The number of hydrogen-bond donors (Lipinski definition) is 2. The van der Waals surface area contributed by atoms with Crippen molar-refractivity contribution in [2.45, 2.75) is 51.6 Å². The minimum atomic E-state index is -1.90. The van der Waals surface area contributed by atoms with E-state index >= 15 is 0 Å². The van der Waals surface area contributed by atoms with Crippen molar-refractivity contribution in [1.29, 1.82) is 0 Å². The van der Waals surface area contributed by atoms with Gasteiger partial charge in [0.25, 0.3) is 0 Å². The van der Waals surface area contributed by atoms with E-state index in [-0.39, 0.29) is 18.3 Å². The third-order valence-electron chi connectivity index (χ3n) is 5.55. The number of carboxylic acids is 1. The molecule has 6 heteroatoms. The number of aliphatic carboxylic acids is 1. The number of carbonyl (C=O) groups is 2. The van der Waals surface area contributed by atoms with Crippen molar-refractivity contribution in [3.8, 4) is 0 Å². The molecule has 1 aromatic carbocycles. The van der Waals surface area contributed by atoms with Crippen LogP contribution in [0.25, 0.3) is 0 Å². The van der Waals surface area contributed by atoms with Gasteiger partial charge in [0.05, 0.1) is 6.42 Å². The highest BCUT2D eigenvalue weighted by molar-refractivity contribution is 5.80. The van der Waals surface area contributed by atoms with Crippen LogP contribution in [0, 0.1) is 5.92 Å². The Morgan fingerprint density at radius 1 is 1.22 bits per heavy atom. The first-order chi connectivity index (χ1) is 12.9. The molecule has 27 heavy (non-hydrogen) atoms. The Labute approximate surface area is 161 Å². The number of carbonyl (C=O) groups excluding carboxylic acids is 1. The van der Waals surface area contributed by atoms with Gasteiger partial charge in [0, 0.05) is 12.5 Å². The topological polar surface area (TPSA) is 87.1 Å². The van der Waals surface area contributed by atoms with Gasteiger partial charge < -0.3 is 19.8 Å². The number of carboxylic acid groups (broad SMARTS) is 1. The van der Waals surface area contributed by atoms with Gasteiger partial charge in [-0.3, -0.25) is 4.79 Å². The van der Waals surface area contributed by atoms with Crippen molar-refractivity contribution in [2.24, 2.45) is 5.92 Å². The van der Waals surface area contributed by atoms with E-state index in [2.05, 4.69) is 18.7 Å². The number of esters is 1. The van der Waals surface area contributed by atoms with Crippen molar-refractivity contribution < 1.29 is 24.5 Å². The van der Waals surface area contributed by atoms with Crippen LogP contribution in [0.1, 0.15) is 50.7 Å². The van der Waals surface area contributed by atoms with Gasteiger partial charge in [-0.2, -0.15) is 0 Å². The van der Waals surface area contributed by atoms with Crippen molar-refractivity contribution in [3.05, 3.63) is 35.4 Å². The average molecular weight is 377 g/mol. The van der Waals surface area contributed by atoms with Crippen LogP contribution in [0.3, 0.4) is 0 Å². The molecule has 0 spiro atoms. The van der Waals surface area contributed by atoms with Crippen LogP contribution in [0.15, 0.2) is 24.3 Å². The Hall–Kier alpha value is -1.92. The van der Waals surface area contributed by atoms with E-state index in [0.717, 1.165) is 25.9 Å². The van der Waals surface area contributed by atoms with Crippen LogP contribution in [0.4, 0.5) is 0 Å². The summed E-state index contributed by atoms with van der Waals surface area (Å²) in [4.78, 5) is 26.1. The summed E-state index contributed by atoms with van der Waals surface area (Å²) in [6.07, 6.45) is 3.31. The van der Waals surface area contributed by atoms with Gasteiger partial charge in [0.2, 0.25) is 0 Å². The first-order valence-electron chi connectivity index (χ1n) is 9.84. The minimum Gasteiger partial charge on any atom is -0.479 e. The van der Waals surface area contributed by atoms with Gasteiger partial charge in [0.15, 0.2) is 5.60 Å². The fourth-order valence-electron chi connectivity index (χ4n) is 3.84. The monoisotopic (exact) mass is 377 g/mol. The lowest BCUT2D eigenvalue weighted by atomic mass is 9.79. The first-order valence-corrected chi connectivity index (χ1v) is 9.84. The lowest BCUT2D eigenvalue weighted by molar-refractivity contribution is -0.166. The molecule has 0 bridgehead atoms. The first kappa shape index (κ1) is 21.4. The van der Waals surface area contributed by atoms with Crippen molar-refractivity contribution in [2.75, 3.05) is 26.2 Å². The number of aliphatic hydroxyl groups is 1. The van der Waals surface area contributed by atoms with E-state index in [4.69, 9.17) is 4.74 Å². The van der Waals surface area contributed by atoms with Crippen LogP contribution in [-0.2, 0) is 26.3 Å². The van der Waals surface area contributed by atoms with Crippen LogP contribution >= 0.6 is 0 Å². The maximum atomic E-state index is 12.1. The molecular formula is C21H31NO5. The number of likely N-dealkylation sites (N-methyl/N-ethyl adjacent to an activating group) is 1. The maximum absolute atomic E-state index is 12.1. The summed E-state index contributed by atoms with van der Waals surface area (Å²) < 4.78 is 5.29. The molecule has 1 atom stereocenters. The number of benzene rings is 1. The smallest absolute Gasteiger partial charge is 0.340 e. The molecule has 1 aliphatic rings. The molecule has 0 saturated heterocycles. The van der Waals surface area contributed by atoms with E-state index in [1.165, 1.54) is 0 Å². The molecule has 2 N–H and O–H groups in total. The summed E-state index contributed by atoms with van der Waals surface area (Å²) in [5, 5.41) is 20.6. The fraction of sp³-hybridized carbons (Fsp3) is 0.619. The fourth-order valence-corrected chi connectivity index (χ4v) is 3.84. The van der Waals surface area contributed by atoms with Gasteiger partial charge in [-0.25, -0.2) is 4.79 Å². The second-order valence-electron chi connectivity index (χ2n) is 7.18. The Balaban J connectivity index is 2.03. The third-order valence-corrected chi connectivity index (χ3v) is 5.55. The summed E-state index contributed by atoms with van der Waals surface area (Å²) in [6, 6.07) is 6.70. The van der Waals surface area contributed by atoms with Crippen LogP contribution in [-0.4, -0.2) is 53.3 Å². The molecule has 0 aromatic heterocycles. The van der Waals surface area contributed by atoms with Crippen molar-refractivity contribution in [3.63, 3.8) is 0 Å². The predicted molar refractivity (Wildman–Crippen MR) is 102 cm³/mol. The normalized spacial score (nSPS) is 17.0. The molecular weight excluding hydrogens is 346 g/mol. The molecule has 2 rings (SSSR count). The van der Waals surface area contributed by atoms with Gasteiger partial charge in [-0.1, -0.05) is 51.0 Å². The SMILES string of the molecule is CCN(CC)CCOC(=O)Cc1cccc(C(O)(C(=O)O)C2CCCC2)c1. The highest BCUT2D eigenvalue weighted by Crippen LogP contribution is 2.41. The zero-order valence-corrected chi connectivity index (χ0v) is 16.3. The third kappa shape index (κ3) is 5.30. The van der Waals surface area contributed by atoms with E-state index in [1.807, 2.05) is 0 Å². The second-order valence-corrected chi connectivity index (χ2v) is 7.18. The van der Waals surface area contributed by atoms with Gasteiger partial charge in [-0.05, 0) is 37.1 Å². The Kier molecular flexibility index (Phi) is 7.80. The maximum Gasteiger partial charge on any atom is 0.340 e. The minimum absolute atomic E-state index is 0.0620. The molecule has 6 nitrogen and oxygen atoms in total. The summed E-state index contributed by atoms with van der Waals surface area (Å²) >= 11 is 0.